The predicted molar refractivity (Wildman–Crippen MR) is 93.4 cm³/mol. The van der Waals surface area contributed by atoms with Crippen LogP contribution in [0.5, 0.6) is 23.0 Å². The number of allylic oxidation sites excluding steroid dienone is 1. The van der Waals surface area contributed by atoms with Crippen LogP contribution in [0.25, 0.3) is 0 Å². The summed E-state index contributed by atoms with van der Waals surface area (Å²) in [5.74, 6) is 3.33. The number of methoxy groups -OCH3 is 1. The van der Waals surface area contributed by atoms with Crippen molar-refractivity contribution in [3.05, 3.63) is 59.7 Å². The Balaban J connectivity index is 1.94. The maximum atomic E-state index is 5.94. The van der Waals surface area contributed by atoms with Gasteiger partial charge in [0.1, 0.15) is 18.1 Å². The Morgan fingerprint density at radius 3 is 2.50 bits per heavy atom. The average Bonchev–Trinajstić information content (AvgIpc) is 3.08. The van der Waals surface area contributed by atoms with Crippen LogP contribution in [-0.2, 0) is 0 Å². The first-order chi connectivity index (χ1) is 11.7. The van der Waals surface area contributed by atoms with Gasteiger partial charge in [-0.1, -0.05) is 31.2 Å². The van der Waals surface area contributed by atoms with E-state index >= 15 is 0 Å². The summed E-state index contributed by atoms with van der Waals surface area (Å²) in [7, 11) is 1.67. The molecule has 0 aliphatic carbocycles. The molecule has 1 aliphatic rings. The first kappa shape index (κ1) is 16.2. The number of ether oxygens (including phenoxy) is 4. The molecule has 0 unspecified atom stereocenters. The Labute approximate surface area is 142 Å². The van der Waals surface area contributed by atoms with Gasteiger partial charge in [0.2, 0.25) is 6.79 Å². The van der Waals surface area contributed by atoms with E-state index < -0.39 is 0 Å². The molecule has 4 nitrogen and oxygen atoms in total. The van der Waals surface area contributed by atoms with Gasteiger partial charge in [0.05, 0.1) is 7.11 Å². The summed E-state index contributed by atoms with van der Waals surface area (Å²) in [6.07, 6.45) is 3.95. The molecule has 0 saturated heterocycles. The third kappa shape index (κ3) is 3.32. The van der Waals surface area contributed by atoms with Crippen LogP contribution in [0.1, 0.15) is 30.9 Å². The molecule has 0 radical (unpaired) electrons. The highest BCUT2D eigenvalue weighted by atomic mass is 16.7. The highest BCUT2D eigenvalue weighted by molar-refractivity contribution is 5.54. The molecule has 2 aromatic carbocycles. The van der Waals surface area contributed by atoms with Gasteiger partial charge in [-0.3, -0.25) is 0 Å². The first-order valence-electron chi connectivity index (χ1n) is 8.04. The molecule has 0 amide bonds. The Hall–Kier alpha value is -2.62. The van der Waals surface area contributed by atoms with Crippen molar-refractivity contribution in [2.45, 2.75) is 19.8 Å². The fourth-order valence-electron chi connectivity index (χ4n) is 2.71. The standard InChI is InChI=1S/C20H22O4/c1-4-5-10-22-18-12-20-19(23-13-24-20)11-17(18)14(2)15-6-8-16(21-3)9-7-15/h4-9,11-12,14H,10,13H2,1-3H3/b5-4+/t14-/m1/s1. The van der Waals surface area contributed by atoms with Crippen LogP contribution in [0.2, 0.25) is 0 Å². The van der Waals surface area contributed by atoms with Gasteiger partial charge in [-0.25, -0.2) is 0 Å². The van der Waals surface area contributed by atoms with Crippen LogP contribution in [0.4, 0.5) is 0 Å². The van der Waals surface area contributed by atoms with E-state index in [1.165, 1.54) is 5.56 Å². The van der Waals surface area contributed by atoms with Gasteiger partial charge >= 0.3 is 0 Å². The summed E-state index contributed by atoms with van der Waals surface area (Å²) < 4.78 is 22.2. The lowest BCUT2D eigenvalue weighted by Crippen LogP contribution is -2.02. The second-order valence-electron chi connectivity index (χ2n) is 5.62. The molecule has 1 heterocycles. The second-order valence-corrected chi connectivity index (χ2v) is 5.62. The fraction of sp³-hybridized carbons (Fsp3) is 0.300. The van der Waals surface area contributed by atoms with Crippen molar-refractivity contribution >= 4 is 0 Å². The molecule has 0 aromatic heterocycles. The van der Waals surface area contributed by atoms with Crippen LogP contribution >= 0.6 is 0 Å². The van der Waals surface area contributed by atoms with E-state index in [1.54, 1.807) is 7.11 Å². The van der Waals surface area contributed by atoms with Crippen molar-refractivity contribution in [2.24, 2.45) is 0 Å². The summed E-state index contributed by atoms with van der Waals surface area (Å²) in [5.41, 5.74) is 2.26. The molecule has 3 rings (SSSR count). The number of rotatable bonds is 6. The van der Waals surface area contributed by atoms with Crippen LogP contribution < -0.4 is 18.9 Å². The van der Waals surface area contributed by atoms with Gasteiger partial charge in [0.15, 0.2) is 11.5 Å². The van der Waals surface area contributed by atoms with E-state index in [1.807, 2.05) is 43.3 Å². The minimum Gasteiger partial charge on any atom is -0.497 e. The molecule has 0 spiro atoms. The Morgan fingerprint density at radius 1 is 1.12 bits per heavy atom. The SMILES string of the molecule is C/C=C/COc1cc2c(cc1[C@H](C)c1ccc(OC)cc1)OCO2. The van der Waals surface area contributed by atoms with Gasteiger partial charge in [0, 0.05) is 17.5 Å². The van der Waals surface area contributed by atoms with Gasteiger partial charge in [0.25, 0.3) is 0 Å². The normalized spacial score (nSPS) is 14.0. The van der Waals surface area contributed by atoms with Crippen molar-refractivity contribution in [2.75, 3.05) is 20.5 Å². The number of benzene rings is 2. The van der Waals surface area contributed by atoms with Crippen molar-refractivity contribution < 1.29 is 18.9 Å². The summed E-state index contributed by atoms with van der Waals surface area (Å²) >= 11 is 0. The monoisotopic (exact) mass is 326 g/mol. The van der Waals surface area contributed by atoms with Gasteiger partial charge in [-0.2, -0.15) is 0 Å². The molecule has 1 atom stereocenters. The third-order valence-electron chi connectivity index (χ3n) is 4.16. The smallest absolute Gasteiger partial charge is 0.231 e. The minimum absolute atomic E-state index is 0.158. The fourth-order valence-corrected chi connectivity index (χ4v) is 2.71. The molecule has 126 valence electrons. The lowest BCUT2D eigenvalue weighted by molar-refractivity contribution is 0.174. The van der Waals surface area contributed by atoms with Crippen molar-refractivity contribution in [3.63, 3.8) is 0 Å². The predicted octanol–water partition coefficient (Wildman–Crippen LogP) is 4.53. The van der Waals surface area contributed by atoms with Gasteiger partial charge in [-0.05, 0) is 30.7 Å². The first-order valence-corrected chi connectivity index (χ1v) is 8.04. The lowest BCUT2D eigenvalue weighted by atomic mass is 9.92. The minimum atomic E-state index is 0.158. The highest BCUT2D eigenvalue weighted by Gasteiger charge is 2.22. The van der Waals surface area contributed by atoms with Crippen molar-refractivity contribution in [1.29, 1.82) is 0 Å². The maximum Gasteiger partial charge on any atom is 0.231 e. The summed E-state index contributed by atoms with van der Waals surface area (Å²) in [6.45, 7) is 4.91. The zero-order valence-corrected chi connectivity index (χ0v) is 14.2. The zero-order chi connectivity index (χ0) is 16.9. The Bertz CT molecular complexity index is 719. The second kappa shape index (κ2) is 7.30. The molecule has 2 aromatic rings. The largest absolute Gasteiger partial charge is 0.497 e. The molecular formula is C20H22O4. The number of hydrogen-bond acceptors (Lipinski definition) is 4. The number of hydrogen-bond donors (Lipinski definition) is 0. The van der Waals surface area contributed by atoms with Crippen LogP contribution in [0.15, 0.2) is 48.6 Å². The van der Waals surface area contributed by atoms with Crippen LogP contribution in [0, 0.1) is 0 Å². The van der Waals surface area contributed by atoms with E-state index in [2.05, 4.69) is 19.1 Å². The Kier molecular flexibility index (Phi) is 4.94. The Morgan fingerprint density at radius 2 is 1.83 bits per heavy atom. The molecule has 24 heavy (non-hydrogen) atoms. The van der Waals surface area contributed by atoms with Gasteiger partial charge < -0.3 is 18.9 Å². The van der Waals surface area contributed by atoms with Gasteiger partial charge in [-0.15, -0.1) is 0 Å². The van der Waals surface area contributed by atoms with E-state index in [0.29, 0.717) is 6.61 Å². The van der Waals surface area contributed by atoms with E-state index in [9.17, 15) is 0 Å². The summed E-state index contributed by atoms with van der Waals surface area (Å²) in [4.78, 5) is 0. The molecule has 0 bridgehead atoms. The third-order valence-corrected chi connectivity index (χ3v) is 4.16. The summed E-state index contributed by atoms with van der Waals surface area (Å²) in [5, 5.41) is 0. The zero-order valence-electron chi connectivity index (χ0n) is 14.2. The van der Waals surface area contributed by atoms with E-state index in [0.717, 1.165) is 28.6 Å². The molecule has 1 aliphatic heterocycles. The van der Waals surface area contributed by atoms with E-state index in [4.69, 9.17) is 18.9 Å². The number of fused-ring (bicyclic) bond motifs is 1. The topological polar surface area (TPSA) is 36.9 Å². The van der Waals surface area contributed by atoms with E-state index in [-0.39, 0.29) is 12.7 Å². The van der Waals surface area contributed by atoms with Crippen LogP contribution in [-0.4, -0.2) is 20.5 Å². The lowest BCUT2D eigenvalue weighted by Gasteiger charge is -2.18. The van der Waals surface area contributed by atoms with Crippen LogP contribution in [0.3, 0.4) is 0 Å². The van der Waals surface area contributed by atoms with Crippen molar-refractivity contribution in [1.82, 2.24) is 0 Å². The maximum absolute atomic E-state index is 5.94. The molecule has 4 heteroatoms. The quantitative estimate of drug-likeness (QED) is 0.731. The molecule has 0 N–H and O–H groups in total. The van der Waals surface area contributed by atoms with Crippen molar-refractivity contribution in [3.8, 4) is 23.0 Å². The molecule has 0 fully saturated rings. The summed E-state index contributed by atoms with van der Waals surface area (Å²) in [6, 6.07) is 12.0. The molecule has 0 saturated carbocycles. The highest BCUT2D eigenvalue weighted by Crippen LogP contribution is 2.42. The average molecular weight is 326 g/mol. The molecular weight excluding hydrogens is 304 g/mol.